The van der Waals surface area contributed by atoms with E-state index in [1.54, 1.807) is 30.3 Å². The van der Waals surface area contributed by atoms with Gasteiger partial charge in [-0.2, -0.15) is 0 Å². The topological polar surface area (TPSA) is 12.0 Å². The van der Waals surface area contributed by atoms with Gasteiger partial charge in [0.25, 0.3) is 0 Å². The highest BCUT2D eigenvalue weighted by molar-refractivity contribution is 6.35. The summed E-state index contributed by atoms with van der Waals surface area (Å²) < 4.78 is 12.7. The minimum Gasteiger partial charge on any atom is -0.381 e. The summed E-state index contributed by atoms with van der Waals surface area (Å²) in [6, 6.07) is 11.6. The first-order valence-electron chi connectivity index (χ1n) is 5.08. The lowest BCUT2D eigenvalue weighted by Gasteiger charge is -2.07. The molecule has 2 aromatic rings. The lowest BCUT2D eigenvalue weighted by atomic mass is 10.2. The summed E-state index contributed by atoms with van der Waals surface area (Å²) >= 11 is 11.8. The molecule has 0 aromatic heterocycles. The molecule has 0 heterocycles. The van der Waals surface area contributed by atoms with Crippen LogP contribution in [0, 0.1) is 5.82 Å². The van der Waals surface area contributed by atoms with Crippen LogP contribution >= 0.6 is 23.2 Å². The summed E-state index contributed by atoms with van der Waals surface area (Å²) in [5.41, 5.74) is 1.83. The van der Waals surface area contributed by atoms with Crippen LogP contribution in [0.25, 0.3) is 0 Å². The predicted octanol–water partition coefficient (Wildman–Crippen LogP) is 4.74. The van der Waals surface area contributed by atoms with Gasteiger partial charge >= 0.3 is 0 Å². The average molecular weight is 270 g/mol. The molecule has 2 aromatic carbocycles. The van der Waals surface area contributed by atoms with Gasteiger partial charge in [-0.3, -0.25) is 0 Å². The van der Waals surface area contributed by atoms with Crippen molar-refractivity contribution in [2.24, 2.45) is 0 Å². The highest BCUT2D eigenvalue weighted by Crippen LogP contribution is 2.22. The number of halogens is 3. The molecular weight excluding hydrogens is 260 g/mol. The van der Waals surface area contributed by atoms with Gasteiger partial charge in [-0.25, -0.2) is 4.39 Å². The summed E-state index contributed by atoms with van der Waals surface area (Å²) in [7, 11) is 0. The van der Waals surface area contributed by atoms with Crippen molar-refractivity contribution in [3.05, 3.63) is 63.9 Å². The highest BCUT2D eigenvalue weighted by atomic mass is 35.5. The van der Waals surface area contributed by atoms with Gasteiger partial charge in [0, 0.05) is 22.3 Å². The Labute approximate surface area is 109 Å². The fourth-order valence-corrected chi connectivity index (χ4v) is 1.99. The van der Waals surface area contributed by atoms with E-state index in [2.05, 4.69) is 5.32 Å². The van der Waals surface area contributed by atoms with Gasteiger partial charge < -0.3 is 5.32 Å². The second-order valence-corrected chi connectivity index (χ2v) is 4.51. The molecule has 4 heteroatoms. The lowest BCUT2D eigenvalue weighted by molar-refractivity contribution is 0.627. The largest absolute Gasteiger partial charge is 0.381 e. The SMILES string of the molecule is Fc1ccc(CNc2cc(Cl)cc(Cl)c2)cc1. The van der Waals surface area contributed by atoms with Gasteiger partial charge in [0.2, 0.25) is 0 Å². The summed E-state index contributed by atoms with van der Waals surface area (Å²) in [5, 5.41) is 4.34. The molecule has 0 fully saturated rings. The minimum absolute atomic E-state index is 0.237. The first kappa shape index (κ1) is 12.2. The molecule has 0 spiro atoms. The van der Waals surface area contributed by atoms with E-state index in [1.165, 1.54) is 12.1 Å². The van der Waals surface area contributed by atoms with E-state index in [0.717, 1.165) is 11.3 Å². The average Bonchev–Trinajstić information content (AvgIpc) is 2.27. The summed E-state index contributed by atoms with van der Waals surface area (Å²) in [5.74, 6) is -0.237. The van der Waals surface area contributed by atoms with Gasteiger partial charge in [-0.1, -0.05) is 35.3 Å². The number of anilines is 1. The Morgan fingerprint density at radius 2 is 1.53 bits per heavy atom. The van der Waals surface area contributed by atoms with E-state index < -0.39 is 0 Å². The molecule has 0 aliphatic rings. The first-order valence-corrected chi connectivity index (χ1v) is 5.83. The van der Waals surface area contributed by atoms with Crippen molar-refractivity contribution >= 4 is 28.9 Å². The van der Waals surface area contributed by atoms with E-state index in [1.807, 2.05) is 0 Å². The molecule has 0 unspecified atom stereocenters. The number of hydrogen-bond acceptors (Lipinski definition) is 1. The fraction of sp³-hybridized carbons (Fsp3) is 0.0769. The van der Waals surface area contributed by atoms with Crippen LogP contribution < -0.4 is 5.32 Å². The van der Waals surface area contributed by atoms with Gasteiger partial charge in [-0.15, -0.1) is 0 Å². The normalized spacial score (nSPS) is 10.3. The highest BCUT2D eigenvalue weighted by Gasteiger charge is 1.98. The summed E-state index contributed by atoms with van der Waals surface area (Å²) in [6.07, 6.45) is 0. The van der Waals surface area contributed by atoms with Crippen LogP contribution in [0.1, 0.15) is 5.56 Å². The van der Waals surface area contributed by atoms with Gasteiger partial charge in [0.15, 0.2) is 0 Å². The van der Waals surface area contributed by atoms with E-state index in [4.69, 9.17) is 23.2 Å². The number of hydrogen-bond donors (Lipinski definition) is 1. The maximum atomic E-state index is 12.7. The maximum absolute atomic E-state index is 12.7. The quantitative estimate of drug-likeness (QED) is 0.849. The van der Waals surface area contributed by atoms with E-state index >= 15 is 0 Å². The third-order valence-corrected chi connectivity index (χ3v) is 2.71. The number of nitrogens with one attached hydrogen (secondary N) is 1. The molecule has 1 nitrogen and oxygen atoms in total. The van der Waals surface area contributed by atoms with Gasteiger partial charge in [-0.05, 0) is 35.9 Å². The molecule has 0 saturated heterocycles. The van der Waals surface area contributed by atoms with Crippen LogP contribution in [0.15, 0.2) is 42.5 Å². The van der Waals surface area contributed by atoms with Crippen molar-refractivity contribution in [2.75, 3.05) is 5.32 Å². The smallest absolute Gasteiger partial charge is 0.123 e. The molecule has 0 radical (unpaired) electrons. The van der Waals surface area contributed by atoms with E-state index in [-0.39, 0.29) is 5.82 Å². The second-order valence-electron chi connectivity index (χ2n) is 3.64. The third-order valence-electron chi connectivity index (χ3n) is 2.27. The fourth-order valence-electron chi connectivity index (χ4n) is 1.46. The Morgan fingerprint density at radius 3 is 2.12 bits per heavy atom. The molecular formula is C13H10Cl2FN. The molecule has 0 saturated carbocycles. The Morgan fingerprint density at radius 1 is 0.941 bits per heavy atom. The third kappa shape index (κ3) is 3.62. The van der Waals surface area contributed by atoms with Crippen LogP contribution in [0.5, 0.6) is 0 Å². The van der Waals surface area contributed by atoms with Crippen LogP contribution in [0.2, 0.25) is 10.0 Å². The molecule has 0 atom stereocenters. The molecule has 17 heavy (non-hydrogen) atoms. The Hall–Kier alpha value is -1.25. The Bertz CT molecular complexity index is 491. The van der Waals surface area contributed by atoms with Gasteiger partial charge in [0.05, 0.1) is 0 Å². The van der Waals surface area contributed by atoms with E-state index in [9.17, 15) is 4.39 Å². The maximum Gasteiger partial charge on any atom is 0.123 e. The summed E-state index contributed by atoms with van der Waals surface area (Å²) in [4.78, 5) is 0. The van der Waals surface area contributed by atoms with Crippen molar-refractivity contribution in [3.63, 3.8) is 0 Å². The molecule has 0 bridgehead atoms. The van der Waals surface area contributed by atoms with Gasteiger partial charge in [0.1, 0.15) is 5.82 Å². The molecule has 88 valence electrons. The molecule has 1 N–H and O–H groups in total. The molecule has 2 rings (SSSR count). The van der Waals surface area contributed by atoms with Crippen LogP contribution in [-0.4, -0.2) is 0 Å². The van der Waals surface area contributed by atoms with Crippen molar-refractivity contribution in [3.8, 4) is 0 Å². The van der Waals surface area contributed by atoms with Crippen LogP contribution in [-0.2, 0) is 6.54 Å². The first-order chi connectivity index (χ1) is 8.13. The van der Waals surface area contributed by atoms with Crippen molar-refractivity contribution in [1.29, 1.82) is 0 Å². The minimum atomic E-state index is -0.237. The number of benzene rings is 2. The summed E-state index contributed by atoms with van der Waals surface area (Å²) in [6.45, 7) is 0.594. The number of rotatable bonds is 3. The Balaban J connectivity index is 2.04. The van der Waals surface area contributed by atoms with E-state index in [0.29, 0.717) is 16.6 Å². The lowest BCUT2D eigenvalue weighted by Crippen LogP contribution is -1.99. The zero-order valence-electron chi connectivity index (χ0n) is 8.88. The van der Waals surface area contributed by atoms with Crippen LogP contribution in [0.3, 0.4) is 0 Å². The zero-order chi connectivity index (χ0) is 12.3. The second kappa shape index (κ2) is 5.39. The standard InChI is InChI=1S/C13H10Cl2FN/c14-10-5-11(15)7-13(6-10)17-8-9-1-3-12(16)4-2-9/h1-7,17H,8H2. The predicted molar refractivity (Wildman–Crippen MR) is 70.2 cm³/mol. The van der Waals surface area contributed by atoms with Crippen molar-refractivity contribution in [2.45, 2.75) is 6.54 Å². The zero-order valence-corrected chi connectivity index (χ0v) is 10.4. The Kier molecular flexibility index (Phi) is 3.87. The molecule has 0 aliphatic heterocycles. The molecule has 0 aliphatic carbocycles. The van der Waals surface area contributed by atoms with Crippen molar-refractivity contribution < 1.29 is 4.39 Å². The monoisotopic (exact) mass is 269 g/mol. The molecule has 0 amide bonds. The van der Waals surface area contributed by atoms with Crippen LogP contribution in [0.4, 0.5) is 10.1 Å². The van der Waals surface area contributed by atoms with Crippen molar-refractivity contribution in [1.82, 2.24) is 0 Å².